The van der Waals surface area contributed by atoms with E-state index >= 15 is 0 Å². The van der Waals surface area contributed by atoms with Crippen LogP contribution in [0, 0.1) is 11.3 Å². The zero-order valence-corrected chi connectivity index (χ0v) is 8.58. The van der Waals surface area contributed by atoms with Gasteiger partial charge in [0.25, 0.3) is 0 Å². The third-order valence-electron chi connectivity index (χ3n) is 1.90. The van der Waals surface area contributed by atoms with Gasteiger partial charge in [-0.15, -0.1) is 0 Å². The van der Waals surface area contributed by atoms with Crippen LogP contribution in [0.25, 0.3) is 0 Å². The molecule has 0 spiro atoms. The van der Waals surface area contributed by atoms with Crippen molar-refractivity contribution in [2.75, 3.05) is 0 Å². The molecule has 5 heteroatoms. The normalized spacial score (nSPS) is 12.9. The molecule has 0 saturated carbocycles. The summed E-state index contributed by atoms with van der Waals surface area (Å²) in [5.41, 5.74) is -0.820. The zero-order chi connectivity index (χ0) is 12.2. The Morgan fingerprint density at radius 2 is 2.00 bits per heavy atom. The minimum atomic E-state index is -4.44. The summed E-state index contributed by atoms with van der Waals surface area (Å²) in [6, 6.07) is 6.80. The first-order chi connectivity index (χ1) is 7.45. The number of nitriles is 1. The Kier molecular flexibility index (Phi) is 3.78. The second-order valence-electron chi connectivity index (χ2n) is 3.28. The summed E-state index contributed by atoms with van der Waals surface area (Å²) < 4.78 is 42.7. The van der Waals surface area contributed by atoms with Gasteiger partial charge in [0.05, 0.1) is 18.1 Å². The van der Waals surface area contributed by atoms with E-state index in [1.165, 1.54) is 18.2 Å². The number of ether oxygens (including phenoxy) is 1. The van der Waals surface area contributed by atoms with E-state index in [2.05, 4.69) is 0 Å². The maximum atomic E-state index is 12.5. The van der Waals surface area contributed by atoms with Gasteiger partial charge in [-0.1, -0.05) is 12.1 Å². The molecule has 1 aromatic carbocycles. The Morgan fingerprint density at radius 1 is 1.38 bits per heavy atom. The van der Waals surface area contributed by atoms with Crippen LogP contribution in [-0.4, -0.2) is 6.10 Å². The number of hydrogen-bond donors (Lipinski definition) is 0. The van der Waals surface area contributed by atoms with Crippen molar-refractivity contribution >= 4 is 0 Å². The van der Waals surface area contributed by atoms with Crippen molar-refractivity contribution < 1.29 is 17.9 Å². The quantitative estimate of drug-likeness (QED) is 0.795. The van der Waals surface area contributed by atoms with Crippen LogP contribution in [0.5, 0.6) is 5.75 Å². The van der Waals surface area contributed by atoms with Crippen LogP contribution in [0.4, 0.5) is 13.2 Å². The summed E-state index contributed by atoms with van der Waals surface area (Å²) in [7, 11) is 0. The summed E-state index contributed by atoms with van der Waals surface area (Å²) in [5, 5.41) is 8.39. The van der Waals surface area contributed by atoms with E-state index in [9.17, 15) is 13.2 Å². The lowest BCUT2D eigenvalue weighted by molar-refractivity contribution is -0.139. The minimum Gasteiger partial charge on any atom is -0.489 e. The average Bonchev–Trinajstić information content (AvgIpc) is 2.17. The van der Waals surface area contributed by atoms with Crippen LogP contribution in [0.1, 0.15) is 18.9 Å². The molecule has 0 saturated heterocycles. The molecule has 0 bridgehead atoms. The van der Waals surface area contributed by atoms with Gasteiger partial charge in [-0.3, -0.25) is 0 Å². The molecule has 0 aliphatic rings. The molecule has 0 fully saturated rings. The molecule has 16 heavy (non-hydrogen) atoms. The summed E-state index contributed by atoms with van der Waals surface area (Å²) in [5.74, 6) is -0.238. The van der Waals surface area contributed by atoms with Gasteiger partial charge in [-0.2, -0.15) is 18.4 Å². The Balaban J connectivity index is 2.92. The molecule has 0 radical (unpaired) electrons. The largest absolute Gasteiger partial charge is 0.489 e. The van der Waals surface area contributed by atoms with E-state index in [-0.39, 0.29) is 12.2 Å². The van der Waals surface area contributed by atoms with Crippen molar-refractivity contribution in [2.45, 2.75) is 25.6 Å². The average molecular weight is 229 g/mol. The van der Waals surface area contributed by atoms with E-state index in [4.69, 9.17) is 10.00 Å². The van der Waals surface area contributed by atoms with E-state index < -0.39 is 17.8 Å². The molecule has 0 aliphatic heterocycles. The number of halogens is 3. The molecule has 0 N–H and O–H groups in total. The summed E-state index contributed by atoms with van der Waals surface area (Å²) in [6.45, 7) is 1.55. The highest BCUT2D eigenvalue weighted by atomic mass is 19.4. The topological polar surface area (TPSA) is 33.0 Å². The van der Waals surface area contributed by atoms with Crippen LogP contribution in [0.2, 0.25) is 0 Å². The lowest BCUT2D eigenvalue weighted by atomic mass is 10.2. The third-order valence-corrected chi connectivity index (χ3v) is 1.90. The predicted octanol–water partition coefficient (Wildman–Crippen LogP) is 3.39. The number of benzene rings is 1. The molecule has 0 aromatic heterocycles. The lowest BCUT2D eigenvalue weighted by Gasteiger charge is -2.16. The smallest absolute Gasteiger partial charge is 0.419 e. The predicted molar refractivity (Wildman–Crippen MR) is 51.8 cm³/mol. The molecular formula is C11H10F3NO. The zero-order valence-electron chi connectivity index (χ0n) is 8.58. The highest BCUT2D eigenvalue weighted by Crippen LogP contribution is 2.36. The SMILES string of the molecule is CC(CC#N)Oc1ccccc1C(F)(F)F. The van der Waals surface area contributed by atoms with E-state index in [0.717, 1.165) is 6.07 Å². The Labute approximate surface area is 91.3 Å². The van der Waals surface area contributed by atoms with Gasteiger partial charge in [-0.25, -0.2) is 0 Å². The monoisotopic (exact) mass is 229 g/mol. The van der Waals surface area contributed by atoms with Gasteiger partial charge in [-0.05, 0) is 19.1 Å². The van der Waals surface area contributed by atoms with Crippen molar-refractivity contribution in [3.63, 3.8) is 0 Å². The fourth-order valence-electron chi connectivity index (χ4n) is 1.19. The molecule has 1 unspecified atom stereocenters. The van der Waals surface area contributed by atoms with Crippen LogP contribution >= 0.6 is 0 Å². The van der Waals surface area contributed by atoms with Gasteiger partial charge in [0.1, 0.15) is 11.9 Å². The van der Waals surface area contributed by atoms with Crippen LogP contribution in [0.3, 0.4) is 0 Å². The molecule has 0 amide bonds. The second kappa shape index (κ2) is 4.88. The minimum absolute atomic E-state index is 0.0478. The van der Waals surface area contributed by atoms with E-state index in [0.29, 0.717) is 0 Å². The first-order valence-corrected chi connectivity index (χ1v) is 4.65. The van der Waals surface area contributed by atoms with Crippen LogP contribution < -0.4 is 4.74 Å². The molecule has 0 heterocycles. The van der Waals surface area contributed by atoms with Crippen molar-refractivity contribution in [3.8, 4) is 11.8 Å². The first kappa shape index (κ1) is 12.4. The number of para-hydroxylation sites is 1. The maximum absolute atomic E-state index is 12.5. The number of alkyl halides is 3. The lowest BCUT2D eigenvalue weighted by Crippen LogP contribution is -2.15. The van der Waals surface area contributed by atoms with E-state index in [1.54, 1.807) is 6.92 Å². The van der Waals surface area contributed by atoms with Gasteiger partial charge >= 0.3 is 6.18 Å². The summed E-state index contributed by atoms with van der Waals surface area (Å²) in [6.07, 6.45) is -4.96. The van der Waals surface area contributed by atoms with Crippen LogP contribution in [-0.2, 0) is 6.18 Å². The van der Waals surface area contributed by atoms with Gasteiger partial charge < -0.3 is 4.74 Å². The second-order valence-corrected chi connectivity index (χ2v) is 3.28. The molecule has 0 aliphatic carbocycles. The fraction of sp³-hybridized carbons (Fsp3) is 0.364. The summed E-state index contributed by atoms with van der Waals surface area (Å²) >= 11 is 0. The Bertz CT molecular complexity index is 395. The van der Waals surface area contributed by atoms with Crippen molar-refractivity contribution in [2.24, 2.45) is 0 Å². The molecule has 1 atom stereocenters. The molecule has 2 nitrogen and oxygen atoms in total. The molecular weight excluding hydrogens is 219 g/mol. The molecule has 1 aromatic rings. The fourth-order valence-corrected chi connectivity index (χ4v) is 1.19. The van der Waals surface area contributed by atoms with Crippen molar-refractivity contribution in [1.29, 1.82) is 5.26 Å². The first-order valence-electron chi connectivity index (χ1n) is 4.65. The standard InChI is InChI=1S/C11H10F3NO/c1-8(6-7-15)16-10-5-3-2-4-9(10)11(12,13)14/h2-5,8H,6H2,1H3. The van der Waals surface area contributed by atoms with Gasteiger partial charge in [0.15, 0.2) is 0 Å². The van der Waals surface area contributed by atoms with E-state index in [1.807, 2.05) is 6.07 Å². The number of rotatable bonds is 3. The van der Waals surface area contributed by atoms with Gasteiger partial charge in [0.2, 0.25) is 0 Å². The molecule has 1 rings (SSSR count). The highest BCUT2D eigenvalue weighted by molar-refractivity contribution is 5.35. The molecule has 86 valence electrons. The van der Waals surface area contributed by atoms with Crippen molar-refractivity contribution in [1.82, 2.24) is 0 Å². The number of hydrogen-bond acceptors (Lipinski definition) is 2. The van der Waals surface area contributed by atoms with Crippen LogP contribution in [0.15, 0.2) is 24.3 Å². The summed E-state index contributed by atoms with van der Waals surface area (Å²) in [4.78, 5) is 0. The van der Waals surface area contributed by atoms with Gasteiger partial charge in [0, 0.05) is 0 Å². The maximum Gasteiger partial charge on any atom is 0.419 e. The Morgan fingerprint density at radius 3 is 2.56 bits per heavy atom. The number of nitrogens with zero attached hydrogens (tertiary/aromatic N) is 1. The highest BCUT2D eigenvalue weighted by Gasteiger charge is 2.34. The van der Waals surface area contributed by atoms with Crippen molar-refractivity contribution in [3.05, 3.63) is 29.8 Å². The third kappa shape index (κ3) is 3.16. The Hall–Kier alpha value is -1.70.